The van der Waals surface area contributed by atoms with Crippen LogP contribution in [0.25, 0.3) is 0 Å². The zero-order valence-electron chi connectivity index (χ0n) is 28.9. The molecular formula is C30H50O25. The van der Waals surface area contributed by atoms with Gasteiger partial charge in [0.2, 0.25) is 0 Å². The Bertz CT molecular complexity index is 1190. The molecule has 0 unspecified atom stereocenters. The van der Waals surface area contributed by atoms with Gasteiger partial charge in [-0.3, -0.25) is 0 Å². The van der Waals surface area contributed by atoms with E-state index >= 15 is 0 Å². The minimum atomic E-state index is -1.90. The molecule has 0 aliphatic carbocycles. The third-order valence-corrected chi connectivity index (χ3v) is 9.79. The first-order chi connectivity index (χ1) is 26.1. The van der Waals surface area contributed by atoms with Crippen LogP contribution in [0.15, 0.2) is 0 Å². The lowest BCUT2D eigenvalue weighted by Crippen LogP contribution is -2.42. The molecule has 23 atom stereocenters. The molecule has 0 aromatic heterocycles. The molecule has 55 heavy (non-hydrogen) atoms. The molecule has 320 valence electrons. The van der Waals surface area contributed by atoms with E-state index in [1.165, 1.54) is 0 Å². The smallest absolute Gasteiger partial charge is 0.186 e. The molecule has 5 fully saturated rings. The van der Waals surface area contributed by atoms with Crippen LogP contribution in [-0.2, 0) is 52.2 Å². The molecule has 25 nitrogen and oxygen atoms in total. The average molecular weight is 811 g/mol. The number of carbonyl (C=O) groups is 1. The van der Waals surface area contributed by atoms with Gasteiger partial charge in [0.1, 0.15) is 110 Å². The predicted octanol–water partition coefficient (Wildman–Crippen LogP) is -10.4. The lowest BCUT2D eigenvalue weighted by molar-refractivity contribution is -0.229. The lowest BCUT2D eigenvalue weighted by Gasteiger charge is -2.22. The normalized spacial score (nSPS) is 47.7. The summed E-state index contributed by atoms with van der Waals surface area (Å²) in [5.41, 5.74) is 0. The van der Waals surface area contributed by atoms with E-state index in [-0.39, 0.29) is 6.29 Å². The van der Waals surface area contributed by atoms with Gasteiger partial charge in [-0.1, -0.05) is 0 Å². The highest BCUT2D eigenvalue weighted by atomic mass is 16.8. The Labute approximate surface area is 311 Å². The second kappa shape index (κ2) is 19.6. The van der Waals surface area contributed by atoms with Crippen molar-refractivity contribution in [3.8, 4) is 0 Å². The summed E-state index contributed by atoms with van der Waals surface area (Å²) in [5.74, 6) is 0. The maximum absolute atomic E-state index is 10.6. The zero-order valence-corrected chi connectivity index (χ0v) is 28.9. The fraction of sp³-hybridized carbons (Fsp3) is 0.967. The van der Waals surface area contributed by atoms with Gasteiger partial charge in [-0.2, -0.15) is 0 Å². The third kappa shape index (κ3) is 10.1. The monoisotopic (exact) mass is 810 g/mol. The van der Waals surface area contributed by atoms with Crippen LogP contribution in [0.4, 0.5) is 0 Å². The van der Waals surface area contributed by atoms with Crippen molar-refractivity contribution in [2.75, 3.05) is 39.6 Å². The molecule has 14 N–H and O–H groups in total. The Morgan fingerprint density at radius 2 is 0.709 bits per heavy atom. The largest absolute Gasteiger partial charge is 0.394 e. The Balaban J connectivity index is 1.02. The summed E-state index contributed by atoms with van der Waals surface area (Å²) >= 11 is 0. The van der Waals surface area contributed by atoms with Crippen LogP contribution < -0.4 is 0 Å². The Hall–Kier alpha value is -1.29. The number of hydrogen-bond donors (Lipinski definition) is 14. The van der Waals surface area contributed by atoms with Crippen LogP contribution in [-0.4, -0.2) is 259 Å². The number of aldehydes is 1. The minimum Gasteiger partial charge on any atom is -0.394 e. The van der Waals surface area contributed by atoms with E-state index in [0.717, 1.165) is 0 Å². The van der Waals surface area contributed by atoms with Gasteiger partial charge >= 0.3 is 0 Å². The third-order valence-electron chi connectivity index (χ3n) is 9.79. The van der Waals surface area contributed by atoms with Crippen LogP contribution in [0.3, 0.4) is 0 Å². The number of aliphatic hydroxyl groups is 14. The van der Waals surface area contributed by atoms with E-state index in [2.05, 4.69) is 0 Å². The minimum absolute atomic E-state index is 0.00258. The molecule has 0 radical (unpaired) electrons. The van der Waals surface area contributed by atoms with E-state index in [1.807, 2.05) is 0 Å². The van der Waals surface area contributed by atoms with E-state index in [4.69, 9.17) is 47.4 Å². The summed E-state index contributed by atoms with van der Waals surface area (Å²) in [7, 11) is 0. The van der Waals surface area contributed by atoms with Crippen LogP contribution in [0.1, 0.15) is 0 Å². The van der Waals surface area contributed by atoms with Gasteiger partial charge in [-0.25, -0.2) is 0 Å². The number of hydrogen-bond acceptors (Lipinski definition) is 25. The summed E-state index contributed by atoms with van der Waals surface area (Å²) in [6.07, 6.45) is -34.8. The molecule has 5 aliphatic heterocycles. The summed E-state index contributed by atoms with van der Waals surface area (Å²) in [6.45, 7) is -3.25. The van der Waals surface area contributed by atoms with E-state index < -0.39 is 181 Å². The van der Waals surface area contributed by atoms with Gasteiger partial charge in [0.25, 0.3) is 0 Å². The summed E-state index contributed by atoms with van der Waals surface area (Å²) in [4.78, 5) is 10.6. The van der Waals surface area contributed by atoms with Gasteiger partial charge in [0, 0.05) is 0 Å². The molecule has 5 aliphatic rings. The van der Waals surface area contributed by atoms with Crippen molar-refractivity contribution >= 4 is 6.29 Å². The van der Waals surface area contributed by atoms with Gasteiger partial charge < -0.3 is 124 Å². The van der Waals surface area contributed by atoms with Gasteiger partial charge in [-0.05, 0) is 0 Å². The molecule has 0 bridgehead atoms. The van der Waals surface area contributed by atoms with Crippen molar-refractivity contribution < 1.29 is 124 Å². The summed E-state index contributed by atoms with van der Waals surface area (Å²) in [5, 5.41) is 141. The first-order valence-electron chi connectivity index (χ1n) is 17.3. The second-order valence-electron chi connectivity index (χ2n) is 13.7. The first kappa shape index (κ1) is 44.8. The van der Waals surface area contributed by atoms with Crippen LogP contribution >= 0.6 is 0 Å². The maximum Gasteiger partial charge on any atom is 0.186 e. The van der Waals surface area contributed by atoms with Crippen LogP contribution in [0.2, 0.25) is 0 Å². The van der Waals surface area contributed by atoms with Crippen molar-refractivity contribution in [2.45, 2.75) is 141 Å². The van der Waals surface area contributed by atoms with Crippen molar-refractivity contribution in [3.63, 3.8) is 0 Å². The van der Waals surface area contributed by atoms with E-state index in [1.54, 1.807) is 0 Å². The molecule has 0 saturated carbocycles. The molecule has 25 heteroatoms. The zero-order chi connectivity index (χ0) is 40.3. The fourth-order valence-electron chi connectivity index (χ4n) is 6.32. The molecular weight excluding hydrogens is 760 g/mol. The van der Waals surface area contributed by atoms with E-state index in [0.29, 0.717) is 0 Å². The SMILES string of the molecule is O=C[C@H](O)[C@@H](O)[C@@H](O)CO[C@@H]1O[C@@H](CO[C@@H]2O[C@@H](CO[C@@H]3O[C@@H](CO[C@@H]4O[C@@H](CO[C@@H]5O[C@@H](CO)[C@H](O)[C@H]5O)[C@H](O)[C@H]4O)[C@H](O)[C@H]3O)[C@H](O)[C@H]2O)[C@H](O)[C@H]1O. The van der Waals surface area contributed by atoms with Crippen molar-refractivity contribution in [1.29, 1.82) is 0 Å². The summed E-state index contributed by atoms with van der Waals surface area (Å²) in [6, 6.07) is 0. The number of rotatable bonds is 19. The van der Waals surface area contributed by atoms with Crippen LogP contribution in [0, 0.1) is 0 Å². The number of aliphatic hydroxyl groups excluding tert-OH is 14. The van der Waals surface area contributed by atoms with Gasteiger partial charge in [0.15, 0.2) is 37.7 Å². The van der Waals surface area contributed by atoms with Crippen molar-refractivity contribution in [2.24, 2.45) is 0 Å². The van der Waals surface area contributed by atoms with Crippen molar-refractivity contribution in [1.82, 2.24) is 0 Å². The van der Waals surface area contributed by atoms with Crippen molar-refractivity contribution in [3.05, 3.63) is 0 Å². The molecule has 0 aromatic carbocycles. The average Bonchev–Trinajstić information content (AvgIpc) is 3.89. The molecule has 5 rings (SSSR count). The molecule has 5 saturated heterocycles. The topological polar surface area (TPSA) is 393 Å². The Kier molecular flexibility index (Phi) is 16.0. The fourth-order valence-corrected chi connectivity index (χ4v) is 6.32. The maximum atomic E-state index is 10.6. The number of ether oxygens (including phenoxy) is 10. The second-order valence-corrected chi connectivity index (χ2v) is 13.7. The Morgan fingerprint density at radius 1 is 0.436 bits per heavy atom. The van der Waals surface area contributed by atoms with Crippen LogP contribution in [0.5, 0.6) is 0 Å². The molecule has 0 spiro atoms. The highest BCUT2D eigenvalue weighted by Gasteiger charge is 2.51. The Morgan fingerprint density at radius 3 is 0.982 bits per heavy atom. The first-order valence-corrected chi connectivity index (χ1v) is 17.3. The molecule has 0 aromatic rings. The van der Waals surface area contributed by atoms with Gasteiger partial charge in [-0.15, -0.1) is 0 Å². The van der Waals surface area contributed by atoms with Gasteiger partial charge in [0.05, 0.1) is 39.6 Å². The molecule has 0 amide bonds. The molecule has 5 heterocycles. The summed E-state index contributed by atoms with van der Waals surface area (Å²) < 4.78 is 53.9. The quantitative estimate of drug-likeness (QED) is 0.0539. The lowest BCUT2D eigenvalue weighted by atomic mass is 10.1. The predicted molar refractivity (Wildman–Crippen MR) is 164 cm³/mol. The number of carbonyl (C=O) groups excluding carboxylic acids is 1. The van der Waals surface area contributed by atoms with E-state index in [9.17, 15) is 76.3 Å². The highest BCUT2D eigenvalue weighted by molar-refractivity contribution is 5.56. The standard InChI is InChI=1S/C30H50O25/c31-1-8(33)15(35)9(34)3-46-26-22(42)17(37)11(52-26)5-48-28-24(44)19(39)13(54-28)7-50-30-25(45)20(40)14(55-30)6-49-29-23(43)18(38)12(53-29)4-47-27-21(41)16(36)10(2-32)51-27/h1,8-30,32-45H,2-7H2/t8-,9-,10-,11-,12-,13-,14-,15+,16-,17-,18-,19-,20-,21+,22+,23+,24+,25+,26+,27+,28+,29+,30+/m0/s1. The highest BCUT2D eigenvalue weighted by Crippen LogP contribution is 2.31.